The van der Waals surface area contributed by atoms with Gasteiger partial charge in [0.2, 0.25) is 5.91 Å². The van der Waals surface area contributed by atoms with Crippen molar-refractivity contribution in [1.29, 1.82) is 0 Å². The van der Waals surface area contributed by atoms with E-state index in [0.29, 0.717) is 22.6 Å². The van der Waals surface area contributed by atoms with Gasteiger partial charge in [0.1, 0.15) is 5.82 Å². The van der Waals surface area contributed by atoms with Gasteiger partial charge >= 0.3 is 0 Å². The van der Waals surface area contributed by atoms with E-state index in [0.717, 1.165) is 0 Å². The molecule has 2 N–H and O–H groups in total. The molecule has 2 aromatic rings. The van der Waals surface area contributed by atoms with Crippen LogP contribution >= 0.6 is 0 Å². The fraction of sp³-hybridized carbons (Fsp3) is 0.200. The Morgan fingerprint density at radius 3 is 2.30 bits per heavy atom. The monoisotopic (exact) mass is 372 g/mol. The van der Waals surface area contributed by atoms with E-state index in [-0.39, 0.29) is 30.7 Å². The molecule has 2 aromatic carbocycles. The molecule has 0 fully saturated rings. The van der Waals surface area contributed by atoms with Crippen LogP contribution in [0.1, 0.15) is 15.9 Å². The van der Waals surface area contributed by atoms with Crippen LogP contribution in [0.4, 0.5) is 4.39 Å². The SMILES string of the molecule is COc1ccc(C(=O)NCCNC(=O)/C=C/c2ccc(F)cc2)cc1OC. The van der Waals surface area contributed by atoms with Crippen molar-refractivity contribution >= 4 is 17.9 Å². The standard InChI is InChI=1S/C20H21FN2O4/c1-26-17-9-6-15(13-18(17)27-2)20(25)23-12-11-22-19(24)10-5-14-3-7-16(21)8-4-14/h3-10,13H,11-12H2,1-2H3,(H,22,24)(H,23,25)/b10-5+. The first kappa shape index (κ1) is 20.0. The molecule has 0 radical (unpaired) electrons. The molecule has 0 heterocycles. The van der Waals surface area contributed by atoms with Crippen LogP contribution in [0.2, 0.25) is 0 Å². The van der Waals surface area contributed by atoms with Gasteiger partial charge in [-0.25, -0.2) is 4.39 Å². The molecule has 0 aliphatic heterocycles. The summed E-state index contributed by atoms with van der Waals surface area (Å²) in [7, 11) is 3.01. The minimum absolute atomic E-state index is 0.267. The molecule has 27 heavy (non-hydrogen) atoms. The summed E-state index contributed by atoms with van der Waals surface area (Å²) in [6.45, 7) is 0.537. The Hall–Kier alpha value is -3.35. The Balaban J connectivity index is 1.76. The second kappa shape index (κ2) is 9.96. The number of benzene rings is 2. The second-order valence-corrected chi connectivity index (χ2v) is 5.50. The normalized spacial score (nSPS) is 10.5. The summed E-state index contributed by atoms with van der Waals surface area (Å²) < 4.78 is 23.1. The highest BCUT2D eigenvalue weighted by Crippen LogP contribution is 2.27. The molecule has 142 valence electrons. The number of carbonyl (C=O) groups excluding carboxylic acids is 2. The van der Waals surface area contributed by atoms with E-state index in [4.69, 9.17) is 9.47 Å². The minimum Gasteiger partial charge on any atom is -0.493 e. The van der Waals surface area contributed by atoms with Crippen LogP contribution in [0, 0.1) is 5.82 Å². The van der Waals surface area contributed by atoms with Gasteiger partial charge in [-0.3, -0.25) is 9.59 Å². The Bertz CT molecular complexity index is 819. The molecule has 7 heteroatoms. The van der Waals surface area contributed by atoms with Crippen LogP contribution in [-0.2, 0) is 4.79 Å². The van der Waals surface area contributed by atoms with Gasteiger partial charge in [0.05, 0.1) is 14.2 Å². The molecule has 0 saturated carbocycles. The molecule has 0 aromatic heterocycles. The van der Waals surface area contributed by atoms with Gasteiger partial charge in [-0.15, -0.1) is 0 Å². The summed E-state index contributed by atoms with van der Waals surface area (Å²) >= 11 is 0. The lowest BCUT2D eigenvalue weighted by Gasteiger charge is -2.10. The molecule has 0 aliphatic carbocycles. The number of nitrogens with one attached hydrogen (secondary N) is 2. The van der Waals surface area contributed by atoms with Crippen molar-refractivity contribution < 1.29 is 23.5 Å². The fourth-order valence-corrected chi connectivity index (χ4v) is 2.25. The molecule has 2 rings (SSSR count). The van der Waals surface area contributed by atoms with Crippen molar-refractivity contribution in [1.82, 2.24) is 10.6 Å². The number of carbonyl (C=O) groups is 2. The Labute approximate surface area is 157 Å². The van der Waals surface area contributed by atoms with E-state index in [1.54, 1.807) is 36.4 Å². The summed E-state index contributed by atoms with van der Waals surface area (Å²) in [5, 5.41) is 5.36. The third-order valence-corrected chi connectivity index (χ3v) is 3.65. The predicted octanol–water partition coefficient (Wildman–Crippen LogP) is 2.40. The lowest BCUT2D eigenvalue weighted by Crippen LogP contribution is -2.34. The van der Waals surface area contributed by atoms with Crippen molar-refractivity contribution in [3.05, 3.63) is 65.5 Å². The number of hydrogen-bond acceptors (Lipinski definition) is 4. The van der Waals surface area contributed by atoms with Crippen molar-refractivity contribution in [2.24, 2.45) is 0 Å². The van der Waals surface area contributed by atoms with Crippen molar-refractivity contribution in [3.8, 4) is 11.5 Å². The first-order valence-electron chi connectivity index (χ1n) is 8.25. The van der Waals surface area contributed by atoms with Gasteiger partial charge in [0, 0.05) is 24.7 Å². The highest BCUT2D eigenvalue weighted by Gasteiger charge is 2.10. The molecule has 6 nitrogen and oxygen atoms in total. The van der Waals surface area contributed by atoms with Crippen LogP contribution in [0.3, 0.4) is 0 Å². The van der Waals surface area contributed by atoms with Crippen LogP contribution in [-0.4, -0.2) is 39.1 Å². The van der Waals surface area contributed by atoms with Crippen LogP contribution < -0.4 is 20.1 Å². The lowest BCUT2D eigenvalue weighted by atomic mass is 10.2. The van der Waals surface area contributed by atoms with Crippen LogP contribution in [0.25, 0.3) is 6.08 Å². The third kappa shape index (κ3) is 6.14. The maximum Gasteiger partial charge on any atom is 0.251 e. The first-order valence-corrected chi connectivity index (χ1v) is 8.25. The van der Waals surface area contributed by atoms with Gasteiger partial charge in [-0.1, -0.05) is 12.1 Å². The maximum atomic E-state index is 12.8. The molecule has 0 aliphatic rings. The van der Waals surface area contributed by atoms with E-state index in [1.165, 1.54) is 32.4 Å². The maximum absolute atomic E-state index is 12.8. The van der Waals surface area contributed by atoms with Crippen LogP contribution in [0.5, 0.6) is 11.5 Å². The molecule has 0 saturated heterocycles. The van der Waals surface area contributed by atoms with E-state index in [1.807, 2.05) is 0 Å². The summed E-state index contributed by atoms with van der Waals surface area (Å²) in [5.74, 6) is 0.0761. The van der Waals surface area contributed by atoms with E-state index in [9.17, 15) is 14.0 Å². The van der Waals surface area contributed by atoms with Crippen molar-refractivity contribution in [2.45, 2.75) is 0 Å². The number of amides is 2. The van der Waals surface area contributed by atoms with Crippen molar-refractivity contribution in [2.75, 3.05) is 27.3 Å². The molecular weight excluding hydrogens is 351 g/mol. The summed E-state index contributed by atoms with van der Waals surface area (Å²) in [5.41, 5.74) is 1.14. The van der Waals surface area contributed by atoms with Gasteiger partial charge < -0.3 is 20.1 Å². The highest BCUT2D eigenvalue weighted by molar-refractivity contribution is 5.95. The van der Waals surface area contributed by atoms with Gasteiger partial charge in [-0.05, 0) is 42.0 Å². The van der Waals surface area contributed by atoms with Gasteiger partial charge in [0.25, 0.3) is 5.91 Å². The average Bonchev–Trinajstić information content (AvgIpc) is 2.70. The van der Waals surface area contributed by atoms with Crippen molar-refractivity contribution in [3.63, 3.8) is 0 Å². The largest absolute Gasteiger partial charge is 0.493 e. The smallest absolute Gasteiger partial charge is 0.251 e. The Morgan fingerprint density at radius 1 is 0.963 bits per heavy atom. The quantitative estimate of drug-likeness (QED) is 0.551. The molecule has 2 amide bonds. The number of halogens is 1. The number of hydrogen-bond donors (Lipinski definition) is 2. The topological polar surface area (TPSA) is 76.7 Å². The summed E-state index contributed by atoms with van der Waals surface area (Å²) in [6.07, 6.45) is 2.93. The minimum atomic E-state index is -0.332. The summed E-state index contributed by atoms with van der Waals surface area (Å²) in [6, 6.07) is 10.6. The van der Waals surface area contributed by atoms with E-state index >= 15 is 0 Å². The second-order valence-electron chi connectivity index (χ2n) is 5.50. The molecular formula is C20H21FN2O4. The van der Waals surface area contributed by atoms with Gasteiger partial charge in [-0.2, -0.15) is 0 Å². The van der Waals surface area contributed by atoms with Crippen LogP contribution in [0.15, 0.2) is 48.5 Å². The number of methoxy groups -OCH3 is 2. The predicted molar refractivity (Wildman–Crippen MR) is 100 cm³/mol. The molecule has 0 atom stereocenters. The number of rotatable bonds is 8. The Kier molecular flexibility index (Phi) is 7.37. The van der Waals surface area contributed by atoms with Gasteiger partial charge in [0.15, 0.2) is 11.5 Å². The van der Waals surface area contributed by atoms with E-state index in [2.05, 4.69) is 10.6 Å². The lowest BCUT2D eigenvalue weighted by molar-refractivity contribution is -0.116. The zero-order chi connectivity index (χ0) is 19.6. The average molecular weight is 372 g/mol. The van der Waals surface area contributed by atoms with E-state index < -0.39 is 0 Å². The fourth-order valence-electron chi connectivity index (χ4n) is 2.25. The zero-order valence-electron chi connectivity index (χ0n) is 15.1. The Morgan fingerprint density at radius 2 is 1.63 bits per heavy atom. The molecule has 0 unspecified atom stereocenters. The highest BCUT2D eigenvalue weighted by atomic mass is 19.1. The summed E-state index contributed by atoms with van der Waals surface area (Å²) in [4.78, 5) is 23.9. The number of ether oxygens (including phenoxy) is 2. The zero-order valence-corrected chi connectivity index (χ0v) is 15.1. The third-order valence-electron chi connectivity index (χ3n) is 3.65. The first-order chi connectivity index (χ1) is 13.0. The molecule has 0 spiro atoms. The molecule has 0 bridgehead atoms.